The summed E-state index contributed by atoms with van der Waals surface area (Å²) in [7, 11) is 0. The van der Waals surface area contributed by atoms with Crippen molar-refractivity contribution < 1.29 is 4.42 Å². The molecule has 0 fully saturated rings. The summed E-state index contributed by atoms with van der Waals surface area (Å²) in [5, 5.41) is 0. The van der Waals surface area contributed by atoms with Gasteiger partial charge in [0.1, 0.15) is 11.5 Å². The van der Waals surface area contributed by atoms with E-state index in [1.165, 1.54) is 5.56 Å². The topological polar surface area (TPSA) is 51.2 Å². The summed E-state index contributed by atoms with van der Waals surface area (Å²) in [4.78, 5) is 0. The summed E-state index contributed by atoms with van der Waals surface area (Å²) in [6.45, 7) is 2.07. The van der Waals surface area contributed by atoms with Crippen molar-refractivity contribution in [2.75, 3.05) is 0 Å². The number of hydrazine groups is 1. The molecule has 1 atom stereocenters. The standard InChI is InChI=1S/C14H17BrN2O/c1-2-12-7-8-14(18-12)13(17-16)9-10-3-5-11(15)6-4-10/h3-8,13,17H,2,9,16H2,1H3. The van der Waals surface area contributed by atoms with Gasteiger partial charge >= 0.3 is 0 Å². The summed E-state index contributed by atoms with van der Waals surface area (Å²) in [5.41, 5.74) is 4.03. The van der Waals surface area contributed by atoms with E-state index in [0.717, 1.165) is 28.8 Å². The molecule has 0 aliphatic carbocycles. The maximum absolute atomic E-state index is 5.73. The Morgan fingerprint density at radius 1 is 1.22 bits per heavy atom. The Labute approximate surface area is 115 Å². The van der Waals surface area contributed by atoms with Crippen molar-refractivity contribution >= 4 is 15.9 Å². The van der Waals surface area contributed by atoms with E-state index < -0.39 is 0 Å². The number of benzene rings is 1. The van der Waals surface area contributed by atoms with Crippen molar-refractivity contribution in [3.63, 3.8) is 0 Å². The van der Waals surface area contributed by atoms with Crippen molar-refractivity contribution in [1.29, 1.82) is 0 Å². The van der Waals surface area contributed by atoms with Gasteiger partial charge in [0.05, 0.1) is 6.04 Å². The number of furan rings is 1. The van der Waals surface area contributed by atoms with E-state index in [2.05, 4.69) is 40.4 Å². The van der Waals surface area contributed by atoms with E-state index in [0.29, 0.717) is 0 Å². The lowest BCUT2D eigenvalue weighted by atomic mass is 10.0. The molecule has 96 valence electrons. The van der Waals surface area contributed by atoms with Crippen molar-refractivity contribution in [1.82, 2.24) is 5.43 Å². The highest BCUT2D eigenvalue weighted by Gasteiger charge is 2.14. The molecule has 2 rings (SSSR count). The van der Waals surface area contributed by atoms with E-state index >= 15 is 0 Å². The third-order valence-electron chi connectivity index (χ3n) is 2.93. The van der Waals surface area contributed by atoms with Crippen LogP contribution in [0.4, 0.5) is 0 Å². The largest absolute Gasteiger partial charge is 0.464 e. The lowest BCUT2D eigenvalue weighted by molar-refractivity contribution is 0.396. The molecule has 3 N–H and O–H groups in total. The molecule has 1 heterocycles. The Bertz CT molecular complexity index is 493. The second kappa shape index (κ2) is 6.18. The third kappa shape index (κ3) is 3.22. The first-order valence-corrected chi connectivity index (χ1v) is 6.81. The van der Waals surface area contributed by atoms with Crippen LogP contribution in [0.25, 0.3) is 0 Å². The maximum atomic E-state index is 5.73. The Kier molecular flexibility index (Phi) is 4.58. The fraction of sp³-hybridized carbons (Fsp3) is 0.286. The molecule has 0 radical (unpaired) electrons. The van der Waals surface area contributed by atoms with Gasteiger partial charge in [0.25, 0.3) is 0 Å². The van der Waals surface area contributed by atoms with E-state index in [1.54, 1.807) is 0 Å². The molecule has 1 aromatic heterocycles. The minimum Gasteiger partial charge on any atom is -0.464 e. The van der Waals surface area contributed by atoms with Gasteiger partial charge < -0.3 is 4.42 Å². The van der Waals surface area contributed by atoms with Gasteiger partial charge in [0.15, 0.2) is 0 Å². The smallest absolute Gasteiger partial charge is 0.122 e. The van der Waals surface area contributed by atoms with Crippen LogP contribution in [0.5, 0.6) is 0 Å². The summed E-state index contributed by atoms with van der Waals surface area (Å²) in [6, 6.07) is 12.2. The predicted octanol–water partition coefficient (Wildman–Crippen LogP) is 3.35. The number of aryl methyl sites for hydroxylation is 1. The molecule has 1 aromatic carbocycles. The Morgan fingerprint density at radius 3 is 2.50 bits per heavy atom. The fourth-order valence-corrected chi connectivity index (χ4v) is 2.13. The Morgan fingerprint density at radius 2 is 1.94 bits per heavy atom. The van der Waals surface area contributed by atoms with Crippen LogP contribution in [0, 0.1) is 0 Å². The minimum atomic E-state index is 0.00600. The van der Waals surface area contributed by atoms with Crippen molar-refractivity contribution in [2.24, 2.45) is 5.84 Å². The molecule has 4 heteroatoms. The summed E-state index contributed by atoms with van der Waals surface area (Å²) < 4.78 is 6.81. The van der Waals surface area contributed by atoms with Gasteiger partial charge in [0, 0.05) is 10.9 Å². The van der Waals surface area contributed by atoms with Gasteiger partial charge in [-0.1, -0.05) is 35.0 Å². The highest BCUT2D eigenvalue weighted by Crippen LogP contribution is 2.21. The van der Waals surface area contributed by atoms with Crippen LogP contribution in [-0.4, -0.2) is 0 Å². The van der Waals surface area contributed by atoms with Crippen LogP contribution in [0.15, 0.2) is 45.3 Å². The highest BCUT2D eigenvalue weighted by atomic mass is 79.9. The Hall–Kier alpha value is -1.10. The maximum Gasteiger partial charge on any atom is 0.122 e. The molecule has 0 aliphatic rings. The van der Waals surface area contributed by atoms with Crippen LogP contribution >= 0.6 is 15.9 Å². The van der Waals surface area contributed by atoms with Crippen LogP contribution < -0.4 is 11.3 Å². The van der Waals surface area contributed by atoms with E-state index in [4.69, 9.17) is 10.3 Å². The molecule has 0 spiro atoms. The van der Waals surface area contributed by atoms with Crippen LogP contribution in [-0.2, 0) is 12.8 Å². The monoisotopic (exact) mass is 308 g/mol. The number of nitrogens with two attached hydrogens (primary N) is 1. The zero-order valence-corrected chi connectivity index (χ0v) is 11.9. The van der Waals surface area contributed by atoms with Crippen molar-refractivity contribution in [3.8, 4) is 0 Å². The lowest BCUT2D eigenvalue weighted by Gasteiger charge is -2.13. The lowest BCUT2D eigenvalue weighted by Crippen LogP contribution is -2.29. The van der Waals surface area contributed by atoms with Crippen LogP contribution in [0.2, 0.25) is 0 Å². The number of rotatable bonds is 5. The molecule has 0 saturated carbocycles. The van der Waals surface area contributed by atoms with E-state index in [1.807, 2.05) is 24.3 Å². The predicted molar refractivity (Wildman–Crippen MR) is 76.0 cm³/mol. The SMILES string of the molecule is CCc1ccc(C(Cc2ccc(Br)cc2)NN)o1. The average Bonchev–Trinajstić information content (AvgIpc) is 2.87. The number of hydrogen-bond donors (Lipinski definition) is 2. The molecule has 1 unspecified atom stereocenters. The van der Waals surface area contributed by atoms with Crippen molar-refractivity contribution in [3.05, 3.63) is 58.0 Å². The fourth-order valence-electron chi connectivity index (χ4n) is 1.87. The average molecular weight is 309 g/mol. The number of hydrogen-bond acceptors (Lipinski definition) is 3. The van der Waals surface area contributed by atoms with Crippen molar-refractivity contribution in [2.45, 2.75) is 25.8 Å². The van der Waals surface area contributed by atoms with Gasteiger partial charge in [-0.25, -0.2) is 5.43 Å². The molecule has 0 bridgehead atoms. The molecule has 18 heavy (non-hydrogen) atoms. The highest BCUT2D eigenvalue weighted by molar-refractivity contribution is 9.10. The first-order chi connectivity index (χ1) is 8.72. The molecule has 2 aromatic rings. The second-order valence-electron chi connectivity index (χ2n) is 4.21. The third-order valence-corrected chi connectivity index (χ3v) is 3.46. The molecule has 0 aliphatic heterocycles. The molecule has 0 saturated heterocycles. The number of nitrogens with one attached hydrogen (secondary N) is 1. The summed E-state index contributed by atoms with van der Waals surface area (Å²) in [5.74, 6) is 7.49. The molecular weight excluding hydrogens is 292 g/mol. The van der Waals surface area contributed by atoms with Crippen LogP contribution in [0.1, 0.15) is 30.0 Å². The van der Waals surface area contributed by atoms with Crippen LogP contribution in [0.3, 0.4) is 0 Å². The normalized spacial score (nSPS) is 12.6. The second-order valence-corrected chi connectivity index (χ2v) is 5.12. The van der Waals surface area contributed by atoms with Gasteiger partial charge in [-0.3, -0.25) is 5.84 Å². The van der Waals surface area contributed by atoms with Gasteiger partial charge in [-0.05, 0) is 36.2 Å². The molecular formula is C14H17BrN2O. The van der Waals surface area contributed by atoms with E-state index in [-0.39, 0.29) is 6.04 Å². The number of halogens is 1. The summed E-state index contributed by atoms with van der Waals surface area (Å²) >= 11 is 3.43. The molecule has 0 amide bonds. The quantitative estimate of drug-likeness (QED) is 0.658. The summed E-state index contributed by atoms with van der Waals surface area (Å²) in [6.07, 6.45) is 1.70. The van der Waals surface area contributed by atoms with Gasteiger partial charge in [0.2, 0.25) is 0 Å². The Balaban J connectivity index is 2.11. The minimum absolute atomic E-state index is 0.00600. The zero-order valence-electron chi connectivity index (χ0n) is 10.3. The van der Waals surface area contributed by atoms with Gasteiger partial charge in [-0.2, -0.15) is 0 Å². The first-order valence-electron chi connectivity index (χ1n) is 6.02. The zero-order chi connectivity index (χ0) is 13.0. The molecule has 3 nitrogen and oxygen atoms in total. The van der Waals surface area contributed by atoms with Gasteiger partial charge in [-0.15, -0.1) is 0 Å². The first kappa shape index (κ1) is 13.3. The van der Waals surface area contributed by atoms with E-state index in [9.17, 15) is 0 Å².